The smallest absolute Gasteiger partial charge is 0.0710 e. The van der Waals surface area contributed by atoms with Crippen LogP contribution in [0, 0.1) is 0 Å². The van der Waals surface area contributed by atoms with Crippen LogP contribution in [-0.2, 0) is 11.8 Å². The van der Waals surface area contributed by atoms with E-state index >= 15 is 0 Å². The maximum absolute atomic E-state index is 2.56. The van der Waals surface area contributed by atoms with Crippen molar-refractivity contribution in [1.29, 1.82) is 0 Å². The van der Waals surface area contributed by atoms with E-state index in [1.165, 1.54) is 78.4 Å². The Morgan fingerprint density at radius 3 is 2.12 bits per heavy atom. The normalized spacial score (nSPS) is 16.8. The molecular weight excluding hydrogens is 677 g/mol. The Balaban J connectivity index is 1.19. The zero-order chi connectivity index (χ0) is 37.9. The van der Waals surface area contributed by atoms with Crippen molar-refractivity contribution >= 4 is 34.3 Å². The van der Waals surface area contributed by atoms with Gasteiger partial charge in [-0.05, 0) is 132 Å². The number of fused-ring (bicyclic) bond motifs is 3. The molecular formula is C54H50N2. The van der Waals surface area contributed by atoms with Gasteiger partial charge < -0.3 is 9.80 Å². The zero-order valence-corrected chi connectivity index (χ0v) is 32.7. The zero-order valence-electron chi connectivity index (χ0n) is 32.7. The number of allylic oxidation sites excluding steroid dienone is 12. The van der Waals surface area contributed by atoms with Gasteiger partial charge in [-0.1, -0.05) is 146 Å². The number of nitrogens with zero attached hydrogens (tertiary/aromatic N) is 2. The molecule has 0 bridgehead atoms. The summed E-state index contributed by atoms with van der Waals surface area (Å²) in [5.41, 5.74) is 18.4. The third-order valence-electron chi connectivity index (χ3n) is 12.1. The van der Waals surface area contributed by atoms with Crippen molar-refractivity contribution in [3.05, 3.63) is 226 Å². The molecule has 0 spiro atoms. The van der Waals surface area contributed by atoms with Crippen molar-refractivity contribution in [3.8, 4) is 0 Å². The van der Waals surface area contributed by atoms with E-state index in [-0.39, 0.29) is 0 Å². The maximum Gasteiger partial charge on any atom is 0.0710 e. The molecule has 0 N–H and O–H groups in total. The quantitative estimate of drug-likeness (QED) is 0.132. The molecule has 0 aromatic heterocycles. The molecule has 2 heteroatoms. The molecule has 56 heavy (non-hydrogen) atoms. The predicted octanol–water partition coefficient (Wildman–Crippen LogP) is 13.6. The molecule has 276 valence electrons. The molecule has 5 aromatic carbocycles. The highest BCUT2D eigenvalue weighted by atomic mass is 15.1. The van der Waals surface area contributed by atoms with E-state index < -0.39 is 5.41 Å². The van der Waals surface area contributed by atoms with E-state index in [0.29, 0.717) is 0 Å². The fourth-order valence-electron chi connectivity index (χ4n) is 9.51. The summed E-state index contributed by atoms with van der Waals surface area (Å²) < 4.78 is 0. The number of aryl methyl sites for hydroxylation is 1. The first kappa shape index (κ1) is 35.6. The third-order valence-corrected chi connectivity index (χ3v) is 12.1. The van der Waals surface area contributed by atoms with Crippen molar-refractivity contribution in [2.75, 3.05) is 23.4 Å². The Bertz CT molecular complexity index is 2430. The minimum Gasteiger partial charge on any atom is -0.370 e. The first-order valence-corrected chi connectivity index (χ1v) is 20.4. The lowest BCUT2D eigenvalue weighted by Gasteiger charge is -2.36. The fourth-order valence-corrected chi connectivity index (χ4v) is 9.51. The lowest BCUT2D eigenvalue weighted by molar-refractivity contribution is 0.756. The number of benzene rings is 5. The summed E-state index contributed by atoms with van der Waals surface area (Å²) in [4.78, 5) is 4.91. The molecule has 4 aliphatic carbocycles. The largest absolute Gasteiger partial charge is 0.370 e. The van der Waals surface area contributed by atoms with Crippen molar-refractivity contribution in [3.63, 3.8) is 0 Å². The van der Waals surface area contributed by atoms with Gasteiger partial charge in [-0.3, -0.25) is 0 Å². The molecule has 5 aromatic rings. The van der Waals surface area contributed by atoms with Gasteiger partial charge in [-0.25, -0.2) is 0 Å². The Hall–Kier alpha value is -6.12. The standard InChI is InChI=1S/C54H50N2/c1-3-4-5-18-37-55(2)53-28-17-15-25-48(53)41-30-32-45(33-31-41)56(46-34-29-40-19-12-13-20-42(40)38-46)47-35-36-50-49-26-14-16-27-51(49)54(52(50)39-47,43-21-8-6-9-22-43)44-23-10-7-11-24-44/h3-12,15-19,21-25,27-30,32,34-36,38-39H,13-14,20,26,31,33,37H2,1-2H3/b4-3-,18-5-. The number of likely N-dealkylation sites (N-methyl/N-ethyl adjacent to an activating group) is 1. The van der Waals surface area contributed by atoms with Crippen molar-refractivity contribution in [2.45, 2.75) is 50.9 Å². The summed E-state index contributed by atoms with van der Waals surface area (Å²) in [6.45, 7) is 2.91. The van der Waals surface area contributed by atoms with Crippen LogP contribution in [0.3, 0.4) is 0 Å². The average molecular weight is 727 g/mol. The molecule has 4 aliphatic rings. The summed E-state index contributed by atoms with van der Waals surface area (Å²) in [6, 6.07) is 45.8. The van der Waals surface area contributed by atoms with Gasteiger partial charge in [0.1, 0.15) is 0 Å². The second kappa shape index (κ2) is 15.6. The van der Waals surface area contributed by atoms with Gasteiger partial charge in [0, 0.05) is 41.9 Å². The minimum absolute atomic E-state index is 0.405. The van der Waals surface area contributed by atoms with Gasteiger partial charge in [0.2, 0.25) is 0 Å². The van der Waals surface area contributed by atoms with E-state index in [4.69, 9.17) is 0 Å². The van der Waals surface area contributed by atoms with E-state index in [1.807, 2.05) is 0 Å². The van der Waals surface area contributed by atoms with Gasteiger partial charge in [-0.2, -0.15) is 0 Å². The third kappa shape index (κ3) is 6.34. The van der Waals surface area contributed by atoms with Crippen molar-refractivity contribution < 1.29 is 0 Å². The summed E-state index contributed by atoms with van der Waals surface area (Å²) >= 11 is 0. The van der Waals surface area contributed by atoms with Crippen molar-refractivity contribution in [1.82, 2.24) is 0 Å². The van der Waals surface area contributed by atoms with Gasteiger partial charge >= 0.3 is 0 Å². The molecule has 0 fully saturated rings. The van der Waals surface area contributed by atoms with Crippen LogP contribution in [-0.4, -0.2) is 13.6 Å². The number of hydrogen-bond acceptors (Lipinski definition) is 2. The second-order valence-electron chi connectivity index (χ2n) is 15.4. The molecule has 9 rings (SSSR count). The van der Waals surface area contributed by atoms with Gasteiger partial charge in [0.15, 0.2) is 0 Å². The SMILES string of the molecule is C/C=C\C=C/CN(C)c1ccccc1C1=CC=C(N(c2ccc3c(c2)CCC=C3)c2ccc3c(c2)C(c2ccccc2)(c2ccccc2)C2=C3CCC=C2)CC1. The molecule has 0 atom stereocenters. The Labute approximate surface area is 333 Å². The molecule has 0 heterocycles. The summed E-state index contributed by atoms with van der Waals surface area (Å²) in [5, 5.41) is 0. The molecule has 0 saturated heterocycles. The van der Waals surface area contributed by atoms with E-state index in [1.54, 1.807) is 0 Å². The van der Waals surface area contributed by atoms with E-state index in [9.17, 15) is 0 Å². The van der Waals surface area contributed by atoms with Crippen LogP contribution < -0.4 is 9.80 Å². The molecule has 0 saturated carbocycles. The molecule has 0 radical (unpaired) electrons. The number of hydrogen-bond donors (Lipinski definition) is 0. The Morgan fingerprint density at radius 1 is 0.643 bits per heavy atom. The molecule has 0 unspecified atom stereocenters. The lowest BCUT2D eigenvalue weighted by Crippen LogP contribution is -2.30. The monoisotopic (exact) mass is 726 g/mol. The first-order chi connectivity index (χ1) is 27.7. The van der Waals surface area contributed by atoms with E-state index in [0.717, 1.165) is 45.1 Å². The fraction of sp³-hybridized carbons (Fsp3) is 0.185. The predicted molar refractivity (Wildman–Crippen MR) is 239 cm³/mol. The lowest BCUT2D eigenvalue weighted by atomic mass is 9.66. The highest BCUT2D eigenvalue weighted by Crippen LogP contribution is 2.58. The van der Waals surface area contributed by atoms with E-state index in [2.05, 4.69) is 206 Å². The Kier molecular flexibility index (Phi) is 9.88. The number of rotatable bonds is 10. The molecule has 0 amide bonds. The number of anilines is 3. The van der Waals surface area contributed by atoms with Crippen LogP contribution in [0.5, 0.6) is 0 Å². The maximum atomic E-state index is 2.56. The van der Waals surface area contributed by atoms with Crippen LogP contribution in [0.25, 0.3) is 17.2 Å². The van der Waals surface area contributed by atoms with Crippen molar-refractivity contribution in [2.24, 2.45) is 0 Å². The van der Waals surface area contributed by atoms with Crippen LogP contribution >= 0.6 is 0 Å². The first-order valence-electron chi connectivity index (χ1n) is 20.4. The highest BCUT2D eigenvalue weighted by Gasteiger charge is 2.47. The molecule has 0 aliphatic heterocycles. The van der Waals surface area contributed by atoms with Gasteiger partial charge in [-0.15, -0.1) is 0 Å². The summed E-state index contributed by atoms with van der Waals surface area (Å²) in [5.74, 6) is 0. The summed E-state index contributed by atoms with van der Waals surface area (Å²) in [6.07, 6.45) is 28.9. The second-order valence-corrected chi connectivity index (χ2v) is 15.4. The average Bonchev–Trinajstić information content (AvgIpc) is 3.56. The molecule has 2 nitrogen and oxygen atoms in total. The van der Waals surface area contributed by atoms with Gasteiger partial charge in [0.25, 0.3) is 0 Å². The van der Waals surface area contributed by atoms with Crippen LogP contribution in [0.15, 0.2) is 187 Å². The van der Waals surface area contributed by atoms with Crippen LogP contribution in [0.2, 0.25) is 0 Å². The summed E-state index contributed by atoms with van der Waals surface area (Å²) in [7, 11) is 2.19. The topological polar surface area (TPSA) is 6.48 Å². The van der Waals surface area contributed by atoms with Crippen LogP contribution in [0.1, 0.15) is 78.0 Å². The van der Waals surface area contributed by atoms with Gasteiger partial charge in [0.05, 0.1) is 5.41 Å². The Morgan fingerprint density at radius 2 is 1.36 bits per heavy atom. The van der Waals surface area contributed by atoms with Crippen LogP contribution in [0.4, 0.5) is 17.1 Å². The number of para-hydroxylation sites is 1. The highest BCUT2D eigenvalue weighted by molar-refractivity contribution is 5.90. The minimum atomic E-state index is -0.405.